The van der Waals surface area contributed by atoms with Gasteiger partial charge in [-0.05, 0) is 65.8 Å². The summed E-state index contributed by atoms with van der Waals surface area (Å²) in [4.78, 5) is 54.4. The molecule has 0 bridgehead atoms. The fraction of sp³-hybridized carbons (Fsp3) is 0.515. The molecule has 14 heteroatoms. The number of rotatable bonds is 4. The van der Waals surface area contributed by atoms with E-state index in [1.807, 2.05) is 52.5 Å². The summed E-state index contributed by atoms with van der Waals surface area (Å²) >= 11 is 12.5. The van der Waals surface area contributed by atoms with Crippen LogP contribution in [0.25, 0.3) is 0 Å². The number of anilines is 2. The van der Waals surface area contributed by atoms with Crippen molar-refractivity contribution in [3.63, 3.8) is 0 Å². The Balaban J connectivity index is 0.000000256. The molecule has 0 aromatic heterocycles. The molecule has 0 saturated carbocycles. The SMILES string of the molecule is CC(C)(C)OC(=O)N1CCN(c2cccc(C(=O)O)c2Cl)CC1.COC(=O)c1cccc(N2CCN(C(=O)OC(C)(C)C)CC2)c1Cl. The first-order valence-electron chi connectivity index (χ1n) is 15.3. The molecule has 0 unspecified atom stereocenters. The summed E-state index contributed by atoms with van der Waals surface area (Å²) in [6.45, 7) is 15.5. The molecular weight excluding hydrogens is 651 g/mol. The quantitative estimate of drug-likeness (QED) is 0.288. The number of ether oxygens (including phenoxy) is 3. The van der Waals surface area contributed by atoms with Crippen molar-refractivity contribution in [2.24, 2.45) is 0 Å². The van der Waals surface area contributed by atoms with Gasteiger partial charge in [0.1, 0.15) is 11.2 Å². The third-order valence-electron chi connectivity index (χ3n) is 7.14. The summed E-state index contributed by atoms with van der Waals surface area (Å²) in [5.74, 6) is -1.52. The molecule has 2 fully saturated rings. The number of esters is 1. The summed E-state index contributed by atoms with van der Waals surface area (Å²) in [5.41, 5.74) is 0.837. The van der Waals surface area contributed by atoms with Crippen LogP contribution < -0.4 is 9.80 Å². The van der Waals surface area contributed by atoms with Crippen LogP contribution in [0.3, 0.4) is 0 Å². The smallest absolute Gasteiger partial charge is 0.410 e. The number of carbonyl (C=O) groups is 4. The fourth-order valence-electron chi connectivity index (χ4n) is 4.87. The molecule has 2 amide bonds. The van der Waals surface area contributed by atoms with E-state index in [0.29, 0.717) is 68.6 Å². The van der Waals surface area contributed by atoms with Crippen LogP contribution in [0.15, 0.2) is 36.4 Å². The maximum Gasteiger partial charge on any atom is 0.410 e. The topological polar surface area (TPSA) is 129 Å². The van der Waals surface area contributed by atoms with Crippen molar-refractivity contribution in [2.75, 3.05) is 69.3 Å². The van der Waals surface area contributed by atoms with E-state index in [4.69, 9.17) is 42.5 Å². The van der Waals surface area contributed by atoms with Crippen LogP contribution in [-0.4, -0.2) is 110 Å². The van der Waals surface area contributed by atoms with Crippen molar-refractivity contribution in [1.82, 2.24) is 9.80 Å². The number of amides is 2. The van der Waals surface area contributed by atoms with Gasteiger partial charge in [-0.15, -0.1) is 0 Å². The molecule has 4 rings (SSSR count). The van der Waals surface area contributed by atoms with Crippen LogP contribution >= 0.6 is 23.2 Å². The average Bonchev–Trinajstić information content (AvgIpc) is 2.99. The van der Waals surface area contributed by atoms with Crippen LogP contribution in [-0.2, 0) is 14.2 Å². The van der Waals surface area contributed by atoms with Crippen molar-refractivity contribution in [2.45, 2.75) is 52.7 Å². The van der Waals surface area contributed by atoms with Gasteiger partial charge < -0.3 is 38.9 Å². The predicted molar refractivity (Wildman–Crippen MR) is 181 cm³/mol. The highest BCUT2D eigenvalue weighted by atomic mass is 35.5. The Labute approximate surface area is 286 Å². The molecule has 0 spiro atoms. The molecule has 2 saturated heterocycles. The van der Waals surface area contributed by atoms with Gasteiger partial charge in [0.15, 0.2) is 0 Å². The lowest BCUT2D eigenvalue weighted by atomic mass is 10.1. The van der Waals surface area contributed by atoms with E-state index in [-0.39, 0.29) is 22.8 Å². The largest absolute Gasteiger partial charge is 0.478 e. The molecule has 47 heavy (non-hydrogen) atoms. The molecular formula is C33H44Cl2N4O8. The number of benzene rings is 2. The van der Waals surface area contributed by atoms with Gasteiger partial charge in [0.05, 0.1) is 39.7 Å². The number of hydrogen-bond acceptors (Lipinski definition) is 9. The predicted octanol–water partition coefficient (Wildman–Crippen LogP) is 6.28. The van der Waals surface area contributed by atoms with Crippen molar-refractivity contribution in [3.8, 4) is 0 Å². The van der Waals surface area contributed by atoms with Gasteiger partial charge in [-0.2, -0.15) is 0 Å². The van der Waals surface area contributed by atoms with Crippen molar-refractivity contribution < 1.29 is 38.5 Å². The third-order valence-corrected chi connectivity index (χ3v) is 7.93. The number of aromatic carboxylic acids is 1. The Kier molecular flexibility index (Phi) is 12.6. The first kappa shape index (κ1) is 37.6. The van der Waals surface area contributed by atoms with E-state index < -0.39 is 23.1 Å². The van der Waals surface area contributed by atoms with Crippen LogP contribution in [0.4, 0.5) is 21.0 Å². The minimum Gasteiger partial charge on any atom is -0.478 e. The van der Waals surface area contributed by atoms with Crippen LogP contribution in [0, 0.1) is 0 Å². The molecule has 0 atom stereocenters. The second-order valence-electron chi connectivity index (χ2n) is 13.0. The maximum absolute atomic E-state index is 12.1. The van der Waals surface area contributed by atoms with Gasteiger partial charge in [-0.25, -0.2) is 19.2 Å². The summed E-state index contributed by atoms with van der Waals surface area (Å²) < 4.78 is 15.5. The molecule has 12 nitrogen and oxygen atoms in total. The van der Waals surface area contributed by atoms with E-state index >= 15 is 0 Å². The zero-order chi connectivity index (χ0) is 35.1. The lowest BCUT2D eigenvalue weighted by molar-refractivity contribution is 0.0230. The number of carboxylic acid groups (broad SMARTS) is 1. The van der Waals surface area contributed by atoms with E-state index in [2.05, 4.69) is 4.90 Å². The van der Waals surface area contributed by atoms with Crippen LogP contribution in [0.2, 0.25) is 10.0 Å². The van der Waals surface area contributed by atoms with Crippen molar-refractivity contribution in [3.05, 3.63) is 57.6 Å². The number of hydrogen-bond donors (Lipinski definition) is 1. The molecule has 1 N–H and O–H groups in total. The highest BCUT2D eigenvalue weighted by molar-refractivity contribution is 6.36. The van der Waals surface area contributed by atoms with Gasteiger partial charge in [0.2, 0.25) is 0 Å². The Bertz CT molecular complexity index is 1440. The lowest BCUT2D eigenvalue weighted by Gasteiger charge is -2.37. The number of halogens is 2. The van der Waals surface area contributed by atoms with Crippen molar-refractivity contribution in [1.29, 1.82) is 0 Å². The molecule has 0 aliphatic carbocycles. The Morgan fingerprint density at radius 2 is 1.00 bits per heavy atom. The van der Waals surface area contributed by atoms with E-state index in [9.17, 15) is 19.2 Å². The second kappa shape index (κ2) is 15.8. The van der Waals surface area contributed by atoms with Gasteiger partial charge in [-0.3, -0.25) is 0 Å². The summed E-state index contributed by atoms with van der Waals surface area (Å²) in [5, 5.41) is 9.74. The minimum atomic E-state index is -1.05. The van der Waals surface area contributed by atoms with Gasteiger partial charge in [0.25, 0.3) is 0 Å². The molecule has 0 radical (unpaired) electrons. The number of carbonyl (C=O) groups excluding carboxylic acids is 3. The van der Waals surface area contributed by atoms with Crippen molar-refractivity contribution >= 4 is 58.7 Å². The second-order valence-corrected chi connectivity index (χ2v) is 13.7. The third kappa shape index (κ3) is 10.6. The van der Waals surface area contributed by atoms with Gasteiger partial charge in [0, 0.05) is 52.4 Å². The Hall–Kier alpha value is -3.90. The highest BCUT2D eigenvalue weighted by Crippen LogP contribution is 2.32. The van der Waals surface area contributed by atoms with Gasteiger partial charge >= 0.3 is 24.1 Å². The first-order valence-corrected chi connectivity index (χ1v) is 16.0. The molecule has 2 aliphatic rings. The molecule has 2 heterocycles. The minimum absolute atomic E-state index is 0.0822. The molecule has 2 aromatic carbocycles. The zero-order valence-electron chi connectivity index (χ0n) is 28.0. The summed E-state index contributed by atoms with van der Waals surface area (Å²) in [7, 11) is 1.32. The standard InChI is InChI=1S/C17H23ClN2O4.C16H21ClN2O4/c1-17(2,3)24-16(22)20-10-8-19(9-11-20)13-7-5-6-12(14(13)18)15(21)23-4;1-16(2,3)23-15(22)19-9-7-18(8-10-19)12-6-4-5-11(13(12)17)14(20)21/h5-7H,8-11H2,1-4H3;4-6H,7-10H2,1-3H3,(H,20,21). The van der Waals surface area contributed by atoms with Crippen LogP contribution in [0.5, 0.6) is 0 Å². The number of piperazine rings is 2. The summed E-state index contributed by atoms with van der Waals surface area (Å²) in [6, 6.07) is 10.2. The normalized spacial score (nSPS) is 15.3. The number of methoxy groups -OCH3 is 1. The van der Waals surface area contributed by atoms with E-state index in [0.717, 1.165) is 5.69 Å². The summed E-state index contributed by atoms with van der Waals surface area (Å²) in [6.07, 6.45) is -0.640. The fourth-order valence-corrected chi connectivity index (χ4v) is 5.52. The Morgan fingerprint density at radius 1 is 0.638 bits per heavy atom. The molecule has 258 valence electrons. The highest BCUT2D eigenvalue weighted by Gasteiger charge is 2.29. The average molecular weight is 696 g/mol. The molecule has 2 aromatic rings. The Morgan fingerprint density at radius 3 is 1.34 bits per heavy atom. The lowest BCUT2D eigenvalue weighted by Crippen LogP contribution is -2.50. The van der Waals surface area contributed by atoms with E-state index in [1.165, 1.54) is 13.2 Å². The zero-order valence-corrected chi connectivity index (χ0v) is 29.5. The maximum atomic E-state index is 12.1. The first-order chi connectivity index (χ1) is 21.9. The number of carboxylic acids is 1. The number of nitrogens with zero attached hydrogens (tertiary/aromatic N) is 4. The van der Waals surface area contributed by atoms with E-state index in [1.54, 1.807) is 34.1 Å². The van der Waals surface area contributed by atoms with Crippen LogP contribution in [0.1, 0.15) is 62.3 Å². The molecule has 2 aliphatic heterocycles. The van der Waals surface area contributed by atoms with Gasteiger partial charge in [-0.1, -0.05) is 35.3 Å². The monoisotopic (exact) mass is 694 g/mol.